The Morgan fingerprint density at radius 3 is 2.80 bits per heavy atom. The van der Waals surface area contributed by atoms with Crippen molar-refractivity contribution in [1.29, 1.82) is 0 Å². The summed E-state index contributed by atoms with van der Waals surface area (Å²) in [5.74, 6) is 0. The van der Waals surface area contributed by atoms with Crippen molar-refractivity contribution in [3.63, 3.8) is 0 Å². The fraction of sp³-hybridized carbons (Fsp3) is 0.929. The maximum absolute atomic E-state index is 11.0. The molecule has 2 heterocycles. The molecular formula is C14H27N3O3. The van der Waals surface area contributed by atoms with Crippen LogP contribution in [0.3, 0.4) is 0 Å². The number of carbonyl (C=O) groups excluding carboxylic acids is 1. The Labute approximate surface area is 121 Å². The number of nitrogens with two attached hydrogens (primary N) is 1. The summed E-state index contributed by atoms with van der Waals surface area (Å²) in [6.45, 7) is 4.90. The molecule has 0 bridgehead atoms. The van der Waals surface area contributed by atoms with Gasteiger partial charge in [0.25, 0.3) is 0 Å². The maximum atomic E-state index is 11.0. The minimum absolute atomic E-state index is 0.300. The lowest BCUT2D eigenvalue weighted by Gasteiger charge is -2.31. The van der Waals surface area contributed by atoms with Gasteiger partial charge in [0.15, 0.2) is 0 Å². The lowest BCUT2D eigenvalue weighted by atomic mass is 10.1. The molecule has 2 aliphatic rings. The molecule has 2 aliphatic heterocycles. The van der Waals surface area contributed by atoms with Crippen molar-refractivity contribution in [2.45, 2.75) is 44.2 Å². The predicted octanol–water partition coefficient (Wildman–Crippen LogP) is 0.705. The summed E-state index contributed by atoms with van der Waals surface area (Å²) >= 11 is 0. The van der Waals surface area contributed by atoms with Crippen LogP contribution in [0.25, 0.3) is 0 Å². The Morgan fingerprint density at radius 1 is 1.35 bits per heavy atom. The molecule has 0 aromatic carbocycles. The van der Waals surface area contributed by atoms with Crippen LogP contribution in [-0.4, -0.2) is 62.5 Å². The number of ether oxygens (including phenoxy) is 2. The third-order valence-electron chi connectivity index (χ3n) is 4.03. The molecule has 2 rings (SSSR count). The molecule has 6 heteroatoms. The van der Waals surface area contributed by atoms with E-state index in [1.165, 1.54) is 6.42 Å². The van der Waals surface area contributed by atoms with Crippen molar-refractivity contribution in [1.82, 2.24) is 10.2 Å². The van der Waals surface area contributed by atoms with Crippen LogP contribution in [0.4, 0.5) is 4.79 Å². The Morgan fingerprint density at radius 2 is 2.15 bits per heavy atom. The van der Waals surface area contributed by atoms with Gasteiger partial charge in [-0.2, -0.15) is 0 Å². The van der Waals surface area contributed by atoms with Crippen LogP contribution in [0.15, 0.2) is 0 Å². The number of amides is 2. The molecule has 0 aromatic heterocycles. The fourth-order valence-corrected chi connectivity index (χ4v) is 2.77. The van der Waals surface area contributed by atoms with Crippen LogP contribution < -0.4 is 11.1 Å². The molecule has 2 amide bonds. The van der Waals surface area contributed by atoms with Crippen molar-refractivity contribution in [2.24, 2.45) is 5.73 Å². The van der Waals surface area contributed by atoms with Crippen molar-refractivity contribution in [2.75, 3.05) is 39.5 Å². The average molecular weight is 285 g/mol. The van der Waals surface area contributed by atoms with E-state index in [2.05, 4.69) is 5.32 Å². The Balaban J connectivity index is 1.42. The van der Waals surface area contributed by atoms with Gasteiger partial charge in [0.05, 0.1) is 12.7 Å². The van der Waals surface area contributed by atoms with E-state index in [9.17, 15) is 4.79 Å². The van der Waals surface area contributed by atoms with E-state index in [1.807, 2.05) is 0 Å². The molecule has 0 aliphatic carbocycles. The van der Waals surface area contributed by atoms with Gasteiger partial charge in [-0.25, -0.2) is 4.79 Å². The molecule has 20 heavy (non-hydrogen) atoms. The molecule has 1 atom stereocenters. The summed E-state index contributed by atoms with van der Waals surface area (Å²) in [6.07, 6.45) is 5.61. The second kappa shape index (κ2) is 8.44. The topological polar surface area (TPSA) is 76.8 Å². The van der Waals surface area contributed by atoms with Crippen molar-refractivity contribution in [3.05, 3.63) is 0 Å². The second-order valence-corrected chi connectivity index (χ2v) is 5.62. The molecule has 1 unspecified atom stereocenters. The van der Waals surface area contributed by atoms with Crippen LogP contribution in [0.2, 0.25) is 0 Å². The second-order valence-electron chi connectivity index (χ2n) is 5.62. The van der Waals surface area contributed by atoms with Gasteiger partial charge >= 0.3 is 6.03 Å². The lowest BCUT2D eigenvalue weighted by molar-refractivity contribution is 0.0164. The van der Waals surface area contributed by atoms with E-state index in [1.54, 1.807) is 4.90 Å². The van der Waals surface area contributed by atoms with E-state index < -0.39 is 0 Å². The number of likely N-dealkylation sites (tertiary alicyclic amines) is 1. The summed E-state index contributed by atoms with van der Waals surface area (Å²) in [4.78, 5) is 12.7. The third-order valence-corrected chi connectivity index (χ3v) is 4.03. The molecule has 2 fully saturated rings. The zero-order chi connectivity index (χ0) is 14.2. The van der Waals surface area contributed by atoms with Gasteiger partial charge < -0.3 is 25.4 Å². The summed E-state index contributed by atoms with van der Waals surface area (Å²) in [5, 5.41) is 3.52. The number of urea groups is 1. The smallest absolute Gasteiger partial charge is 0.314 e. The standard InChI is InChI=1S/C14H27N3O3/c15-14(18)17-7-4-12(5-8-17)16-6-2-9-19-11-13-3-1-10-20-13/h12-13,16H,1-11H2,(H2,15,18). The highest BCUT2D eigenvalue weighted by Gasteiger charge is 2.20. The number of nitrogens with one attached hydrogen (secondary N) is 1. The van der Waals surface area contributed by atoms with E-state index in [4.69, 9.17) is 15.2 Å². The van der Waals surface area contributed by atoms with Gasteiger partial charge in [-0.1, -0.05) is 0 Å². The molecule has 116 valence electrons. The Bertz CT molecular complexity index is 287. The first-order valence-electron chi connectivity index (χ1n) is 7.73. The van der Waals surface area contributed by atoms with E-state index >= 15 is 0 Å². The minimum Gasteiger partial charge on any atom is -0.379 e. The van der Waals surface area contributed by atoms with Gasteiger partial charge in [0.2, 0.25) is 0 Å². The molecule has 0 saturated carbocycles. The Hall–Kier alpha value is -0.850. The first-order chi connectivity index (χ1) is 9.75. The monoisotopic (exact) mass is 285 g/mol. The van der Waals surface area contributed by atoms with Crippen LogP contribution in [0.5, 0.6) is 0 Å². The van der Waals surface area contributed by atoms with Crippen molar-refractivity contribution >= 4 is 6.03 Å². The number of hydrogen-bond donors (Lipinski definition) is 2. The molecule has 6 nitrogen and oxygen atoms in total. The number of piperidine rings is 1. The molecular weight excluding hydrogens is 258 g/mol. The summed E-state index contributed by atoms with van der Waals surface area (Å²) in [7, 11) is 0. The van der Waals surface area contributed by atoms with Gasteiger partial charge in [0, 0.05) is 32.3 Å². The molecule has 0 spiro atoms. The number of nitrogens with zero attached hydrogens (tertiary/aromatic N) is 1. The number of hydrogen-bond acceptors (Lipinski definition) is 4. The predicted molar refractivity (Wildman–Crippen MR) is 76.6 cm³/mol. The van der Waals surface area contributed by atoms with Gasteiger partial charge in [0.1, 0.15) is 0 Å². The molecule has 2 saturated heterocycles. The lowest BCUT2D eigenvalue weighted by Crippen LogP contribution is -2.47. The largest absolute Gasteiger partial charge is 0.379 e. The highest BCUT2D eigenvalue weighted by molar-refractivity contribution is 5.72. The number of rotatable bonds is 7. The van der Waals surface area contributed by atoms with Crippen molar-refractivity contribution < 1.29 is 14.3 Å². The Kier molecular flexibility index (Phi) is 6.56. The van der Waals surface area contributed by atoms with Gasteiger partial charge in [-0.3, -0.25) is 0 Å². The summed E-state index contributed by atoms with van der Waals surface area (Å²) < 4.78 is 11.1. The SMILES string of the molecule is NC(=O)N1CCC(NCCCOCC2CCCO2)CC1. The van der Waals surface area contributed by atoms with Crippen molar-refractivity contribution in [3.8, 4) is 0 Å². The normalized spacial score (nSPS) is 24.2. The third kappa shape index (κ3) is 5.26. The van der Waals surface area contributed by atoms with Gasteiger partial charge in [-0.05, 0) is 38.6 Å². The van der Waals surface area contributed by atoms with Crippen LogP contribution in [0, 0.1) is 0 Å². The molecule has 0 radical (unpaired) electrons. The zero-order valence-electron chi connectivity index (χ0n) is 12.2. The highest BCUT2D eigenvalue weighted by Crippen LogP contribution is 2.12. The quantitative estimate of drug-likeness (QED) is 0.675. The average Bonchev–Trinajstić information content (AvgIpc) is 2.96. The number of primary amides is 1. The van der Waals surface area contributed by atoms with Crippen LogP contribution in [0.1, 0.15) is 32.1 Å². The number of carbonyl (C=O) groups is 1. The van der Waals surface area contributed by atoms with E-state index in [0.29, 0.717) is 12.1 Å². The molecule has 0 aromatic rings. The first kappa shape index (κ1) is 15.5. The van der Waals surface area contributed by atoms with Crippen LogP contribution >= 0.6 is 0 Å². The summed E-state index contributed by atoms with van der Waals surface area (Å²) in [5.41, 5.74) is 5.26. The highest BCUT2D eigenvalue weighted by atomic mass is 16.5. The first-order valence-corrected chi connectivity index (χ1v) is 7.73. The summed E-state index contributed by atoms with van der Waals surface area (Å²) in [6, 6.07) is 0.203. The maximum Gasteiger partial charge on any atom is 0.314 e. The fourth-order valence-electron chi connectivity index (χ4n) is 2.77. The minimum atomic E-state index is -0.300. The molecule has 3 N–H and O–H groups in total. The van der Waals surface area contributed by atoms with Crippen LogP contribution in [-0.2, 0) is 9.47 Å². The van der Waals surface area contributed by atoms with E-state index in [-0.39, 0.29) is 6.03 Å². The van der Waals surface area contributed by atoms with E-state index in [0.717, 1.165) is 65.1 Å². The van der Waals surface area contributed by atoms with Gasteiger partial charge in [-0.15, -0.1) is 0 Å². The zero-order valence-corrected chi connectivity index (χ0v) is 12.2.